The highest BCUT2D eigenvalue weighted by Crippen LogP contribution is 2.27. The number of amides is 1. The molecule has 0 saturated heterocycles. The molecule has 0 atom stereocenters. The predicted octanol–water partition coefficient (Wildman–Crippen LogP) is 5.78. The van der Waals surface area contributed by atoms with E-state index >= 15 is 0 Å². The van der Waals surface area contributed by atoms with Crippen LogP contribution in [-0.4, -0.2) is 16.8 Å². The van der Waals surface area contributed by atoms with Crippen molar-refractivity contribution in [3.05, 3.63) is 103 Å². The van der Waals surface area contributed by atoms with Crippen LogP contribution in [-0.2, 0) is 4.79 Å². The van der Waals surface area contributed by atoms with E-state index in [0.29, 0.717) is 11.1 Å². The van der Waals surface area contributed by atoms with Crippen LogP contribution < -0.4 is 10.1 Å². The van der Waals surface area contributed by atoms with Gasteiger partial charge in [0, 0.05) is 16.6 Å². The number of ether oxygens (including phenoxy) is 1. The summed E-state index contributed by atoms with van der Waals surface area (Å²) in [6, 6.07) is 18.2. The molecule has 3 rings (SSSR count). The minimum atomic E-state index is -0.786. The first-order valence-electron chi connectivity index (χ1n) is 9.21. The lowest BCUT2D eigenvalue weighted by molar-refractivity contribution is -0.384. The molecule has 8 nitrogen and oxygen atoms in total. The highest BCUT2D eigenvalue weighted by Gasteiger charge is 2.15. The van der Waals surface area contributed by atoms with E-state index in [1.165, 1.54) is 30.3 Å². The van der Waals surface area contributed by atoms with Crippen LogP contribution in [0.25, 0.3) is 6.08 Å². The second-order valence-corrected chi connectivity index (χ2v) is 7.83. The molecule has 0 unspecified atom stereocenters. The number of esters is 1. The Kier molecular flexibility index (Phi) is 7.56. The van der Waals surface area contributed by atoms with Crippen molar-refractivity contribution in [2.75, 3.05) is 5.32 Å². The Labute approximate surface area is 201 Å². The van der Waals surface area contributed by atoms with E-state index < -0.39 is 16.8 Å². The van der Waals surface area contributed by atoms with E-state index in [-0.39, 0.29) is 27.7 Å². The van der Waals surface area contributed by atoms with Gasteiger partial charge in [-0.15, -0.1) is 0 Å². The van der Waals surface area contributed by atoms with E-state index in [0.717, 1.165) is 10.5 Å². The van der Waals surface area contributed by atoms with Gasteiger partial charge in [-0.25, -0.2) is 4.79 Å². The predicted molar refractivity (Wildman–Crippen MR) is 126 cm³/mol. The summed E-state index contributed by atoms with van der Waals surface area (Å²) in [5, 5.41) is 22.8. The molecular formula is C23H13BrClN3O5. The number of carbonyl (C=O) groups is 2. The summed E-state index contributed by atoms with van der Waals surface area (Å²) in [6.45, 7) is 0. The largest absolute Gasteiger partial charge is 0.423 e. The van der Waals surface area contributed by atoms with E-state index in [2.05, 4.69) is 21.2 Å². The number of nitro benzene ring substituents is 1. The van der Waals surface area contributed by atoms with Gasteiger partial charge >= 0.3 is 5.97 Å². The first kappa shape index (κ1) is 23.7. The second kappa shape index (κ2) is 10.5. The van der Waals surface area contributed by atoms with Crippen molar-refractivity contribution in [1.29, 1.82) is 5.26 Å². The summed E-state index contributed by atoms with van der Waals surface area (Å²) in [6.07, 6.45) is 1.32. The maximum Gasteiger partial charge on any atom is 0.343 e. The Hall–Kier alpha value is -4.00. The molecule has 3 aromatic rings. The van der Waals surface area contributed by atoms with E-state index in [1.54, 1.807) is 42.5 Å². The fourth-order valence-electron chi connectivity index (χ4n) is 2.61. The van der Waals surface area contributed by atoms with Crippen LogP contribution in [0.1, 0.15) is 15.9 Å². The van der Waals surface area contributed by atoms with Crippen LogP contribution in [0, 0.1) is 21.4 Å². The lowest BCUT2D eigenvalue weighted by Crippen LogP contribution is -2.14. The Morgan fingerprint density at radius 3 is 2.36 bits per heavy atom. The van der Waals surface area contributed by atoms with Gasteiger partial charge in [0.1, 0.15) is 17.4 Å². The lowest BCUT2D eigenvalue weighted by Gasteiger charge is -2.07. The average Bonchev–Trinajstić information content (AvgIpc) is 2.80. The van der Waals surface area contributed by atoms with Gasteiger partial charge in [0.25, 0.3) is 11.6 Å². The number of rotatable bonds is 6. The number of hydrogen-bond donors (Lipinski definition) is 1. The van der Waals surface area contributed by atoms with Crippen LogP contribution in [0.3, 0.4) is 0 Å². The van der Waals surface area contributed by atoms with Crippen LogP contribution >= 0.6 is 27.5 Å². The van der Waals surface area contributed by atoms with Crippen LogP contribution in [0.5, 0.6) is 5.75 Å². The Morgan fingerprint density at radius 2 is 1.76 bits per heavy atom. The zero-order chi connectivity index (χ0) is 24.0. The van der Waals surface area contributed by atoms with Gasteiger partial charge < -0.3 is 10.1 Å². The molecule has 0 saturated carbocycles. The Balaban J connectivity index is 1.72. The molecule has 3 aromatic carbocycles. The Bertz CT molecular complexity index is 1300. The number of nitro groups is 1. The summed E-state index contributed by atoms with van der Waals surface area (Å²) in [4.78, 5) is 35.0. The molecule has 0 aliphatic rings. The molecule has 0 aliphatic carbocycles. The quantitative estimate of drug-likeness (QED) is 0.109. The van der Waals surface area contributed by atoms with Gasteiger partial charge in [-0.1, -0.05) is 39.7 Å². The topological polar surface area (TPSA) is 122 Å². The molecular weight excluding hydrogens is 514 g/mol. The van der Waals surface area contributed by atoms with Crippen molar-refractivity contribution >= 4 is 56.9 Å². The summed E-state index contributed by atoms with van der Waals surface area (Å²) < 4.78 is 6.14. The number of carbonyl (C=O) groups excluding carboxylic acids is 2. The van der Waals surface area contributed by atoms with Gasteiger partial charge in [-0.05, 0) is 54.1 Å². The molecule has 0 spiro atoms. The van der Waals surface area contributed by atoms with Crippen molar-refractivity contribution in [3.8, 4) is 11.8 Å². The average molecular weight is 527 g/mol. The van der Waals surface area contributed by atoms with Crippen molar-refractivity contribution in [1.82, 2.24) is 0 Å². The Morgan fingerprint density at radius 1 is 1.09 bits per heavy atom. The normalized spacial score (nSPS) is 10.8. The number of benzene rings is 3. The molecule has 33 heavy (non-hydrogen) atoms. The highest BCUT2D eigenvalue weighted by atomic mass is 79.9. The smallest absolute Gasteiger partial charge is 0.343 e. The molecule has 0 bridgehead atoms. The number of nitrogens with one attached hydrogen (secondary N) is 1. The zero-order valence-electron chi connectivity index (χ0n) is 16.6. The number of nitrogens with zero attached hydrogens (tertiary/aromatic N) is 2. The van der Waals surface area contributed by atoms with Crippen molar-refractivity contribution in [2.24, 2.45) is 0 Å². The van der Waals surface area contributed by atoms with Crippen molar-refractivity contribution < 1.29 is 19.2 Å². The molecule has 0 fully saturated rings. The molecule has 1 amide bonds. The molecule has 0 aliphatic heterocycles. The van der Waals surface area contributed by atoms with E-state index in [9.17, 15) is 25.0 Å². The van der Waals surface area contributed by atoms with Crippen LogP contribution in [0.2, 0.25) is 5.02 Å². The summed E-state index contributed by atoms with van der Waals surface area (Å²) in [7, 11) is 0. The van der Waals surface area contributed by atoms with Crippen LogP contribution in [0.4, 0.5) is 11.4 Å². The van der Waals surface area contributed by atoms with E-state index in [1.807, 2.05) is 0 Å². The SMILES string of the molecule is N#C/C(=C\c1ccc(OC(=O)c2ccc(Br)cc2)cc1)C(=O)Nc1cc([N+](=O)[O-])ccc1Cl. The van der Waals surface area contributed by atoms with Gasteiger partial charge in [-0.3, -0.25) is 14.9 Å². The summed E-state index contributed by atoms with van der Waals surface area (Å²) >= 11 is 9.27. The third-order valence-corrected chi connectivity index (χ3v) is 5.11. The molecule has 0 heterocycles. The third kappa shape index (κ3) is 6.26. The van der Waals surface area contributed by atoms with Gasteiger partial charge in [0.05, 0.1) is 21.2 Å². The summed E-state index contributed by atoms with van der Waals surface area (Å²) in [5.74, 6) is -1.03. The first-order chi connectivity index (χ1) is 15.8. The summed E-state index contributed by atoms with van der Waals surface area (Å²) in [5.41, 5.74) is 0.371. The third-order valence-electron chi connectivity index (χ3n) is 4.26. The molecule has 164 valence electrons. The van der Waals surface area contributed by atoms with Gasteiger partial charge in [0.15, 0.2) is 0 Å². The monoisotopic (exact) mass is 525 g/mol. The maximum absolute atomic E-state index is 12.5. The number of halogens is 2. The van der Waals surface area contributed by atoms with Gasteiger partial charge in [-0.2, -0.15) is 5.26 Å². The molecule has 0 aromatic heterocycles. The minimum Gasteiger partial charge on any atom is -0.423 e. The number of hydrogen-bond acceptors (Lipinski definition) is 6. The molecule has 0 radical (unpaired) electrons. The fraction of sp³-hybridized carbons (Fsp3) is 0. The van der Waals surface area contributed by atoms with Crippen molar-refractivity contribution in [2.45, 2.75) is 0 Å². The number of non-ortho nitro benzene ring substituents is 1. The highest BCUT2D eigenvalue weighted by molar-refractivity contribution is 9.10. The first-order valence-corrected chi connectivity index (χ1v) is 10.4. The van der Waals surface area contributed by atoms with E-state index in [4.69, 9.17) is 16.3 Å². The van der Waals surface area contributed by atoms with Gasteiger partial charge in [0.2, 0.25) is 0 Å². The zero-order valence-corrected chi connectivity index (χ0v) is 19.0. The number of nitriles is 1. The second-order valence-electron chi connectivity index (χ2n) is 6.51. The van der Waals surface area contributed by atoms with Crippen LogP contribution in [0.15, 0.2) is 76.8 Å². The number of anilines is 1. The minimum absolute atomic E-state index is 0.00668. The fourth-order valence-corrected chi connectivity index (χ4v) is 3.04. The molecule has 1 N–H and O–H groups in total. The standard InChI is InChI=1S/C23H13BrClN3O5/c24-17-5-3-15(4-6-17)23(30)33-19-8-1-14(2-9-19)11-16(13-26)22(29)27-21-12-18(28(31)32)7-10-20(21)25/h1-12H,(H,27,29)/b16-11+. The molecule has 10 heteroatoms. The van der Waals surface area contributed by atoms with Crippen molar-refractivity contribution in [3.63, 3.8) is 0 Å². The maximum atomic E-state index is 12.5. The lowest BCUT2D eigenvalue weighted by atomic mass is 10.1.